The van der Waals surface area contributed by atoms with Gasteiger partial charge in [-0.1, -0.05) is 20.8 Å². The molecule has 1 saturated heterocycles. The highest BCUT2D eigenvalue weighted by atomic mass is 16.5. The Bertz CT molecular complexity index is 966. The van der Waals surface area contributed by atoms with Gasteiger partial charge in [0.2, 0.25) is 5.88 Å². The van der Waals surface area contributed by atoms with Crippen LogP contribution in [0.2, 0.25) is 0 Å². The molecule has 9 nitrogen and oxygen atoms in total. The molecule has 0 saturated carbocycles. The highest BCUT2D eigenvalue weighted by Crippen LogP contribution is 2.24. The molecule has 0 atom stereocenters. The summed E-state index contributed by atoms with van der Waals surface area (Å²) in [5.41, 5.74) is 1.28. The molecule has 2 aromatic heterocycles. The molecule has 30 heavy (non-hydrogen) atoms. The zero-order chi connectivity index (χ0) is 21.3. The van der Waals surface area contributed by atoms with E-state index in [-0.39, 0.29) is 16.9 Å². The summed E-state index contributed by atoms with van der Waals surface area (Å²) in [6, 6.07) is 3.40. The molecule has 0 bridgehead atoms. The van der Waals surface area contributed by atoms with E-state index in [2.05, 4.69) is 35.9 Å². The second-order valence-corrected chi connectivity index (χ2v) is 8.95. The van der Waals surface area contributed by atoms with E-state index in [0.29, 0.717) is 37.7 Å². The van der Waals surface area contributed by atoms with Crippen LogP contribution in [0, 0.1) is 0 Å². The van der Waals surface area contributed by atoms with Gasteiger partial charge in [-0.05, 0) is 6.07 Å². The molecule has 1 amide bonds. The lowest BCUT2D eigenvalue weighted by Crippen LogP contribution is -2.49. The smallest absolute Gasteiger partial charge is 0.266 e. The number of hydrogen-bond acceptors (Lipinski definition) is 6. The first kappa shape index (κ1) is 20.6. The lowest BCUT2D eigenvalue weighted by Gasteiger charge is -2.34. The van der Waals surface area contributed by atoms with Crippen molar-refractivity contribution in [3.05, 3.63) is 39.9 Å². The maximum atomic E-state index is 12.9. The Hall–Kier alpha value is -2.68. The van der Waals surface area contributed by atoms with Crippen molar-refractivity contribution in [1.82, 2.24) is 29.4 Å². The van der Waals surface area contributed by atoms with Gasteiger partial charge in [0.1, 0.15) is 5.56 Å². The summed E-state index contributed by atoms with van der Waals surface area (Å²) in [6.45, 7) is 11.8. The molecule has 2 aromatic rings. The van der Waals surface area contributed by atoms with E-state index in [1.807, 2.05) is 11.0 Å². The summed E-state index contributed by atoms with van der Waals surface area (Å²) >= 11 is 0. The van der Waals surface area contributed by atoms with Crippen LogP contribution in [0.5, 0.6) is 5.88 Å². The number of piperazine rings is 1. The minimum absolute atomic E-state index is 0.0198. The molecule has 1 fully saturated rings. The summed E-state index contributed by atoms with van der Waals surface area (Å²) in [4.78, 5) is 29.2. The highest BCUT2D eigenvalue weighted by molar-refractivity contribution is 5.96. The van der Waals surface area contributed by atoms with Gasteiger partial charge in [-0.2, -0.15) is 10.2 Å². The monoisotopic (exact) mass is 414 g/mol. The summed E-state index contributed by atoms with van der Waals surface area (Å²) in [5.74, 6) is 0.575. The molecule has 2 aliphatic rings. The van der Waals surface area contributed by atoms with E-state index in [0.717, 1.165) is 38.3 Å². The van der Waals surface area contributed by atoms with Crippen LogP contribution in [-0.2, 0) is 18.5 Å². The van der Waals surface area contributed by atoms with Crippen molar-refractivity contribution in [2.24, 2.45) is 0 Å². The van der Waals surface area contributed by atoms with Crippen molar-refractivity contribution in [2.75, 3.05) is 39.3 Å². The van der Waals surface area contributed by atoms with Crippen LogP contribution in [0.25, 0.3) is 0 Å². The maximum Gasteiger partial charge on any atom is 0.266 e. The standard InChI is InChI=1S/C21H30N6O3/c1-21(2,3)17-5-6-18(28)26(23-17)13-10-24-8-11-25(12-9-24)19(29)16-15-22-27-7-4-14-30-20(16)27/h5-6,15H,4,7-14H2,1-3H3. The Kier molecular flexibility index (Phi) is 5.64. The van der Waals surface area contributed by atoms with Crippen LogP contribution < -0.4 is 10.3 Å². The average Bonchev–Trinajstić information content (AvgIpc) is 3.16. The summed E-state index contributed by atoms with van der Waals surface area (Å²) in [5, 5.41) is 8.81. The molecule has 2 aliphatic heterocycles. The fourth-order valence-corrected chi connectivity index (χ4v) is 3.81. The molecule has 4 heterocycles. The predicted molar refractivity (Wildman–Crippen MR) is 112 cm³/mol. The van der Waals surface area contributed by atoms with Crippen LogP contribution in [0.15, 0.2) is 23.1 Å². The summed E-state index contributed by atoms with van der Waals surface area (Å²) < 4.78 is 8.98. The first-order chi connectivity index (χ1) is 14.3. The maximum absolute atomic E-state index is 12.9. The van der Waals surface area contributed by atoms with Crippen molar-refractivity contribution in [3.8, 4) is 5.88 Å². The number of ether oxygens (including phenoxy) is 1. The van der Waals surface area contributed by atoms with E-state index in [9.17, 15) is 9.59 Å². The number of hydrogen-bond donors (Lipinski definition) is 0. The molecule has 0 aromatic carbocycles. The van der Waals surface area contributed by atoms with Crippen LogP contribution in [-0.4, -0.2) is 74.6 Å². The number of amides is 1. The number of nitrogens with zero attached hydrogens (tertiary/aromatic N) is 6. The van der Waals surface area contributed by atoms with Crippen molar-refractivity contribution in [3.63, 3.8) is 0 Å². The van der Waals surface area contributed by atoms with E-state index in [4.69, 9.17) is 4.74 Å². The molecule has 0 radical (unpaired) electrons. The van der Waals surface area contributed by atoms with Gasteiger partial charge in [0.25, 0.3) is 11.5 Å². The predicted octanol–water partition coefficient (Wildman–Crippen LogP) is 0.978. The normalized spacial score (nSPS) is 17.5. The first-order valence-electron chi connectivity index (χ1n) is 10.6. The number of aromatic nitrogens is 4. The number of carbonyl (C=O) groups excluding carboxylic acids is 1. The average molecular weight is 415 g/mol. The third-order valence-corrected chi connectivity index (χ3v) is 5.70. The number of rotatable bonds is 4. The van der Waals surface area contributed by atoms with Crippen molar-refractivity contribution < 1.29 is 9.53 Å². The van der Waals surface area contributed by atoms with Gasteiger partial charge >= 0.3 is 0 Å². The molecule has 9 heteroatoms. The fraction of sp³-hybridized carbons (Fsp3) is 0.619. The number of fused-ring (bicyclic) bond motifs is 1. The van der Waals surface area contributed by atoms with Crippen LogP contribution in [0.1, 0.15) is 43.2 Å². The van der Waals surface area contributed by atoms with Gasteiger partial charge in [-0.25, -0.2) is 9.36 Å². The Balaban J connectivity index is 1.33. The van der Waals surface area contributed by atoms with Gasteiger partial charge in [0.15, 0.2) is 0 Å². The van der Waals surface area contributed by atoms with Crippen LogP contribution in [0.3, 0.4) is 0 Å². The Morgan fingerprint density at radius 1 is 1.10 bits per heavy atom. The Morgan fingerprint density at radius 3 is 2.60 bits per heavy atom. The second-order valence-electron chi connectivity index (χ2n) is 8.95. The largest absolute Gasteiger partial charge is 0.477 e. The highest BCUT2D eigenvalue weighted by Gasteiger charge is 2.28. The van der Waals surface area contributed by atoms with Gasteiger partial charge in [-0.15, -0.1) is 0 Å². The van der Waals surface area contributed by atoms with Gasteiger partial charge in [-0.3, -0.25) is 14.5 Å². The molecule has 162 valence electrons. The molecule has 0 unspecified atom stereocenters. The third-order valence-electron chi connectivity index (χ3n) is 5.70. The molecule has 0 spiro atoms. The molecular formula is C21H30N6O3. The van der Waals surface area contributed by atoms with Gasteiger partial charge in [0.05, 0.1) is 25.0 Å². The molecule has 4 rings (SSSR count). The first-order valence-corrected chi connectivity index (χ1v) is 10.6. The third kappa shape index (κ3) is 4.26. The summed E-state index contributed by atoms with van der Waals surface area (Å²) in [7, 11) is 0. The van der Waals surface area contributed by atoms with Crippen molar-refractivity contribution in [1.29, 1.82) is 0 Å². The Morgan fingerprint density at radius 2 is 1.87 bits per heavy atom. The topological polar surface area (TPSA) is 85.5 Å². The second kappa shape index (κ2) is 8.22. The molecular weight excluding hydrogens is 384 g/mol. The van der Waals surface area contributed by atoms with Gasteiger partial charge < -0.3 is 9.64 Å². The van der Waals surface area contributed by atoms with Crippen molar-refractivity contribution in [2.45, 2.75) is 45.7 Å². The molecule has 0 N–H and O–H groups in total. The van der Waals surface area contributed by atoms with Crippen LogP contribution in [0.4, 0.5) is 0 Å². The zero-order valence-electron chi connectivity index (χ0n) is 18.0. The minimum Gasteiger partial charge on any atom is -0.477 e. The number of aryl methyl sites for hydroxylation is 1. The van der Waals surface area contributed by atoms with E-state index in [1.54, 1.807) is 21.6 Å². The molecule has 0 aliphatic carbocycles. The van der Waals surface area contributed by atoms with E-state index >= 15 is 0 Å². The van der Waals surface area contributed by atoms with Gasteiger partial charge in [0, 0.05) is 57.2 Å². The quantitative estimate of drug-likeness (QED) is 0.741. The number of carbonyl (C=O) groups is 1. The Labute approximate surface area is 176 Å². The summed E-state index contributed by atoms with van der Waals surface area (Å²) in [6.07, 6.45) is 2.53. The fourth-order valence-electron chi connectivity index (χ4n) is 3.81. The van der Waals surface area contributed by atoms with Crippen LogP contribution >= 0.6 is 0 Å². The minimum atomic E-state index is -0.0989. The SMILES string of the molecule is CC(C)(C)c1ccc(=O)n(CCN2CCN(C(=O)c3cnn4c3OCCC4)CC2)n1. The lowest BCUT2D eigenvalue weighted by atomic mass is 9.92. The van der Waals surface area contributed by atoms with Crippen molar-refractivity contribution >= 4 is 5.91 Å². The van der Waals surface area contributed by atoms with E-state index in [1.165, 1.54) is 0 Å². The lowest BCUT2D eigenvalue weighted by molar-refractivity contribution is 0.0625. The zero-order valence-corrected chi connectivity index (χ0v) is 18.0. The van der Waals surface area contributed by atoms with E-state index < -0.39 is 0 Å².